The van der Waals surface area contributed by atoms with Crippen LogP contribution in [0.2, 0.25) is 0 Å². The summed E-state index contributed by atoms with van der Waals surface area (Å²) < 4.78 is 15.4. The second kappa shape index (κ2) is 10.8. The number of hydrogen-bond acceptors (Lipinski definition) is 7. The minimum Gasteiger partial charge on any atom is -0.479 e. The summed E-state index contributed by atoms with van der Waals surface area (Å²) in [5, 5.41) is 17.8. The maximum absolute atomic E-state index is 12.3. The number of aromatic nitrogens is 1. The highest BCUT2D eigenvalue weighted by Gasteiger charge is 2.29. The summed E-state index contributed by atoms with van der Waals surface area (Å²) in [5.41, 5.74) is 4.54. The molecule has 1 aliphatic carbocycles. The Morgan fingerprint density at radius 1 is 1.06 bits per heavy atom. The van der Waals surface area contributed by atoms with Crippen LogP contribution in [0.4, 0.5) is 4.79 Å². The number of aliphatic carboxylic acids is 1. The van der Waals surface area contributed by atoms with Crippen LogP contribution in [0.1, 0.15) is 39.7 Å². The number of alkyl carbamates (subject to hydrolysis) is 1. The van der Waals surface area contributed by atoms with Gasteiger partial charge in [0.25, 0.3) is 5.91 Å². The molecule has 0 spiro atoms. The van der Waals surface area contributed by atoms with Gasteiger partial charge in [0.1, 0.15) is 6.61 Å². The van der Waals surface area contributed by atoms with Gasteiger partial charge >= 0.3 is 12.1 Å². The van der Waals surface area contributed by atoms with Gasteiger partial charge in [-0.2, -0.15) is 0 Å². The lowest BCUT2D eigenvalue weighted by molar-refractivity contribution is -0.148. The van der Waals surface area contributed by atoms with Crippen LogP contribution in [0.3, 0.4) is 0 Å². The number of rotatable bonds is 10. The number of amides is 2. The summed E-state index contributed by atoms with van der Waals surface area (Å²) in [6, 6.07) is 17.5. The number of carbonyl (C=O) groups excluding carboxylic acids is 2. The highest BCUT2D eigenvalue weighted by atomic mass is 16.5. The van der Waals surface area contributed by atoms with Crippen molar-refractivity contribution in [1.82, 2.24) is 15.8 Å². The molecule has 0 saturated heterocycles. The van der Waals surface area contributed by atoms with Gasteiger partial charge in [0.15, 0.2) is 17.6 Å². The SMILES string of the molecule is COC(CCNC(=O)c1cc(CNC(=O)OCC2c3ccccc3-c3ccccc32)on1)C(=O)O. The molecule has 10 heteroatoms. The number of hydrogen-bond donors (Lipinski definition) is 3. The Bertz CT molecular complexity index is 1180. The molecule has 2 amide bonds. The van der Waals surface area contributed by atoms with E-state index in [1.54, 1.807) is 0 Å². The second-order valence-electron chi connectivity index (χ2n) is 7.96. The molecule has 35 heavy (non-hydrogen) atoms. The third-order valence-corrected chi connectivity index (χ3v) is 5.79. The number of methoxy groups -OCH3 is 1. The number of fused-ring (bicyclic) bond motifs is 3. The zero-order valence-electron chi connectivity index (χ0n) is 19.0. The van der Waals surface area contributed by atoms with Crippen LogP contribution in [0.15, 0.2) is 59.1 Å². The van der Waals surface area contributed by atoms with Crippen LogP contribution < -0.4 is 10.6 Å². The smallest absolute Gasteiger partial charge is 0.407 e. The van der Waals surface area contributed by atoms with Crippen LogP contribution >= 0.6 is 0 Å². The zero-order valence-corrected chi connectivity index (χ0v) is 19.0. The lowest BCUT2D eigenvalue weighted by Crippen LogP contribution is -2.31. The molecule has 1 unspecified atom stereocenters. The zero-order chi connectivity index (χ0) is 24.8. The van der Waals surface area contributed by atoms with E-state index in [-0.39, 0.29) is 43.5 Å². The third-order valence-electron chi connectivity index (χ3n) is 5.79. The van der Waals surface area contributed by atoms with E-state index in [1.807, 2.05) is 36.4 Å². The van der Waals surface area contributed by atoms with Gasteiger partial charge in [-0.25, -0.2) is 9.59 Å². The maximum Gasteiger partial charge on any atom is 0.407 e. The summed E-state index contributed by atoms with van der Waals surface area (Å²) in [6.07, 6.45) is -1.52. The van der Waals surface area contributed by atoms with Crippen molar-refractivity contribution in [2.24, 2.45) is 0 Å². The van der Waals surface area contributed by atoms with Gasteiger partial charge in [-0.05, 0) is 22.3 Å². The molecule has 182 valence electrons. The van der Waals surface area contributed by atoms with Crippen molar-refractivity contribution < 1.29 is 33.5 Å². The van der Waals surface area contributed by atoms with E-state index in [1.165, 1.54) is 13.2 Å². The van der Waals surface area contributed by atoms with E-state index in [4.69, 9.17) is 19.1 Å². The Balaban J connectivity index is 1.25. The van der Waals surface area contributed by atoms with E-state index < -0.39 is 24.1 Å². The Morgan fingerprint density at radius 2 is 1.71 bits per heavy atom. The predicted molar refractivity (Wildman–Crippen MR) is 124 cm³/mol. The third kappa shape index (κ3) is 5.49. The standard InChI is InChI=1S/C25H25N3O7/c1-33-22(24(30)31)10-11-26-23(29)21-12-15(35-28-21)13-27-25(32)34-14-20-18-8-4-2-6-16(18)17-7-3-5-9-19(17)20/h2-9,12,20,22H,10-11,13-14H2,1H3,(H,26,29)(H,27,32)(H,30,31). The molecule has 0 aliphatic heterocycles. The van der Waals surface area contributed by atoms with Crippen LogP contribution in [0.5, 0.6) is 0 Å². The molecule has 0 saturated carbocycles. The quantitative estimate of drug-likeness (QED) is 0.403. The van der Waals surface area contributed by atoms with Crippen molar-refractivity contribution in [3.8, 4) is 11.1 Å². The predicted octanol–water partition coefficient (Wildman–Crippen LogP) is 2.93. The molecule has 0 radical (unpaired) electrons. The van der Waals surface area contributed by atoms with Crippen molar-refractivity contribution in [1.29, 1.82) is 0 Å². The fourth-order valence-corrected chi connectivity index (χ4v) is 4.06. The number of carboxylic acid groups (broad SMARTS) is 1. The average Bonchev–Trinajstić information content (AvgIpc) is 3.47. The second-order valence-corrected chi connectivity index (χ2v) is 7.96. The Labute approximate surface area is 201 Å². The molecule has 1 heterocycles. The summed E-state index contributed by atoms with van der Waals surface area (Å²) in [6.45, 7) is 0.258. The Morgan fingerprint density at radius 3 is 2.34 bits per heavy atom. The molecular formula is C25H25N3O7. The molecule has 4 rings (SSSR count). The van der Waals surface area contributed by atoms with Gasteiger partial charge in [0.2, 0.25) is 0 Å². The maximum atomic E-state index is 12.3. The van der Waals surface area contributed by atoms with E-state index in [0.717, 1.165) is 22.3 Å². The molecule has 3 aromatic rings. The lowest BCUT2D eigenvalue weighted by atomic mass is 9.98. The van der Waals surface area contributed by atoms with Crippen molar-refractivity contribution in [3.63, 3.8) is 0 Å². The first-order valence-electron chi connectivity index (χ1n) is 11.1. The monoisotopic (exact) mass is 479 g/mol. The lowest BCUT2D eigenvalue weighted by Gasteiger charge is -2.14. The minimum atomic E-state index is -1.11. The van der Waals surface area contributed by atoms with Crippen LogP contribution in [-0.4, -0.2) is 54.6 Å². The molecule has 1 atom stereocenters. The molecule has 1 aliphatic rings. The molecule has 0 bridgehead atoms. The van der Waals surface area contributed by atoms with Gasteiger partial charge in [-0.3, -0.25) is 4.79 Å². The van der Waals surface area contributed by atoms with Crippen LogP contribution in [0.25, 0.3) is 11.1 Å². The molecule has 0 fully saturated rings. The van der Waals surface area contributed by atoms with Gasteiger partial charge in [-0.1, -0.05) is 53.7 Å². The Kier molecular flexibility index (Phi) is 7.41. The summed E-state index contributed by atoms with van der Waals surface area (Å²) in [4.78, 5) is 35.4. The summed E-state index contributed by atoms with van der Waals surface area (Å²) >= 11 is 0. The number of ether oxygens (including phenoxy) is 2. The number of nitrogens with one attached hydrogen (secondary N) is 2. The molecule has 10 nitrogen and oxygen atoms in total. The highest BCUT2D eigenvalue weighted by Crippen LogP contribution is 2.44. The fourth-order valence-electron chi connectivity index (χ4n) is 4.06. The summed E-state index contributed by atoms with van der Waals surface area (Å²) in [5.74, 6) is -1.41. The minimum absolute atomic E-state index is 0.0122. The van der Waals surface area contributed by atoms with Crippen molar-refractivity contribution in [2.75, 3.05) is 20.3 Å². The van der Waals surface area contributed by atoms with E-state index in [9.17, 15) is 14.4 Å². The fraction of sp³-hybridized carbons (Fsp3) is 0.280. The average molecular weight is 479 g/mol. The van der Waals surface area contributed by atoms with Crippen LogP contribution in [0, 0.1) is 0 Å². The normalized spacial score (nSPS) is 12.9. The van der Waals surface area contributed by atoms with Crippen LogP contribution in [-0.2, 0) is 20.8 Å². The van der Waals surface area contributed by atoms with Crippen molar-refractivity contribution in [3.05, 3.63) is 77.2 Å². The van der Waals surface area contributed by atoms with Gasteiger partial charge in [0, 0.05) is 32.1 Å². The number of carbonyl (C=O) groups is 3. The number of benzene rings is 2. The van der Waals surface area contributed by atoms with Gasteiger partial charge in [-0.15, -0.1) is 0 Å². The summed E-state index contributed by atoms with van der Waals surface area (Å²) in [7, 11) is 1.29. The van der Waals surface area contributed by atoms with E-state index in [0.29, 0.717) is 0 Å². The first-order chi connectivity index (χ1) is 17.0. The number of nitrogens with zero attached hydrogens (tertiary/aromatic N) is 1. The topological polar surface area (TPSA) is 140 Å². The van der Waals surface area contributed by atoms with E-state index >= 15 is 0 Å². The molecular weight excluding hydrogens is 454 g/mol. The van der Waals surface area contributed by atoms with Gasteiger partial charge in [0.05, 0.1) is 6.54 Å². The van der Waals surface area contributed by atoms with Crippen molar-refractivity contribution in [2.45, 2.75) is 25.0 Å². The largest absolute Gasteiger partial charge is 0.479 e. The molecule has 3 N–H and O–H groups in total. The van der Waals surface area contributed by atoms with E-state index in [2.05, 4.69) is 27.9 Å². The molecule has 2 aromatic carbocycles. The molecule has 1 aromatic heterocycles. The highest BCUT2D eigenvalue weighted by molar-refractivity contribution is 5.92. The first kappa shape index (κ1) is 24.0. The van der Waals surface area contributed by atoms with Crippen molar-refractivity contribution >= 4 is 18.0 Å². The number of carboxylic acids is 1. The Hall–Kier alpha value is -4.18. The van der Waals surface area contributed by atoms with Gasteiger partial charge < -0.3 is 29.7 Å². The first-order valence-corrected chi connectivity index (χ1v) is 11.1.